The van der Waals surface area contributed by atoms with Gasteiger partial charge in [-0.2, -0.15) is 5.26 Å². The number of benzene rings is 1. The Bertz CT molecular complexity index is 421. The SMILES string of the molecule is CC(C)[C@H](Nc1ccccc1C#N)C(=O)O. The van der Waals surface area contributed by atoms with Crippen molar-refractivity contribution in [1.82, 2.24) is 0 Å². The van der Waals surface area contributed by atoms with E-state index in [1.807, 2.05) is 19.9 Å². The monoisotopic (exact) mass is 218 g/mol. The zero-order valence-electron chi connectivity index (χ0n) is 9.27. The minimum absolute atomic E-state index is 0.0516. The number of anilines is 1. The molecular weight excluding hydrogens is 204 g/mol. The van der Waals surface area contributed by atoms with E-state index in [0.717, 1.165) is 0 Å². The third kappa shape index (κ3) is 2.74. The number of carbonyl (C=O) groups is 1. The van der Waals surface area contributed by atoms with Crippen molar-refractivity contribution in [2.24, 2.45) is 5.92 Å². The van der Waals surface area contributed by atoms with Crippen molar-refractivity contribution in [1.29, 1.82) is 5.26 Å². The van der Waals surface area contributed by atoms with E-state index < -0.39 is 12.0 Å². The molecule has 0 spiro atoms. The summed E-state index contributed by atoms with van der Waals surface area (Å²) in [5, 5.41) is 20.8. The average molecular weight is 218 g/mol. The lowest BCUT2D eigenvalue weighted by Gasteiger charge is -2.19. The van der Waals surface area contributed by atoms with Gasteiger partial charge in [-0.15, -0.1) is 0 Å². The van der Waals surface area contributed by atoms with E-state index in [-0.39, 0.29) is 5.92 Å². The van der Waals surface area contributed by atoms with Crippen LogP contribution in [0.2, 0.25) is 0 Å². The summed E-state index contributed by atoms with van der Waals surface area (Å²) in [6.45, 7) is 3.64. The summed E-state index contributed by atoms with van der Waals surface area (Å²) in [6, 6.07) is 8.21. The van der Waals surface area contributed by atoms with Crippen LogP contribution in [-0.4, -0.2) is 17.1 Å². The molecule has 0 unspecified atom stereocenters. The largest absolute Gasteiger partial charge is 0.480 e. The van der Waals surface area contributed by atoms with Gasteiger partial charge in [0, 0.05) is 0 Å². The second-order valence-corrected chi connectivity index (χ2v) is 3.86. The Hall–Kier alpha value is -2.02. The van der Waals surface area contributed by atoms with Crippen LogP contribution in [0.3, 0.4) is 0 Å². The van der Waals surface area contributed by atoms with E-state index in [2.05, 4.69) is 5.32 Å². The first-order chi connectivity index (χ1) is 7.56. The summed E-state index contributed by atoms with van der Waals surface area (Å²) in [7, 11) is 0. The number of nitrogens with zero attached hydrogens (tertiary/aromatic N) is 1. The summed E-state index contributed by atoms with van der Waals surface area (Å²) in [5.74, 6) is -0.966. The Balaban J connectivity index is 2.94. The molecule has 0 aliphatic carbocycles. The first-order valence-corrected chi connectivity index (χ1v) is 5.04. The van der Waals surface area contributed by atoms with E-state index in [0.29, 0.717) is 11.3 Å². The number of nitrogens with one attached hydrogen (secondary N) is 1. The van der Waals surface area contributed by atoms with E-state index in [1.54, 1.807) is 24.3 Å². The van der Waals surface area contributed by atoms with E-state index in [4.69, 9.17) is 10.4 Å². The van der Waals surface area contributed by atoms with Crippen LogP contribution in [0.4, 0.5) is 5.69 Å². The molecule has 2 N–H and O–H groups in total. The van der Waals surface area contributed by atoms with Gasteiger partial charge in [-0.3, -0.25) is 0 Å². The highest BCUT2D eigenvalue weighted by Gasteiger charge is 2.21. The van der Waals surface area contributed by atoms with Gasteiger partial charge in [0.15, 0.2) is 0 Å². The molecule has 0 saturated carbocycles. The highest BCUT2D eigenvalue weighted by atomic mass is 16.4. The van der Waals surface area contributed by atoms with Crippen molar-refractivity contribution in [2.45, 2.75) is 19.9 Å². The molecule has 0 radical (unpaired) electrons. The van der Waals surface area contributed by atoms with Gasteiger partial charge in [0.1, 0.15) is 12.1 Å². The minimum Gasteiger partial charge on any atom is -0.480 e. The fourth-order valence-electron chi connectivity index (χ4n) is 1.39. The van der Waals surface area contributed by atoms with Crippen LogP contribution < -0.4 is 5.32 Å². The molecule has 0 bridgehead atoms. The van der Waals surface area contributed by atoms with Gasteiger partial charge in [0.05, 0.1) is 11.3 Å². The third-order valence-corrected chi connectivity index (χ3v) is 2.29. The Kier molecular flexibility index (Phi) is 3.90. The second-order valence-electron chi connectivity index (χ2n) is 3.86. The van der Waals surface area contributed by atoms with Gasteiger partial charge in [-0.25, -0.2) is 4.79 Å². The van der Waals surface area contributed by atoms with Crippen LogP contribution in [0, 0.1) is 17.2 Å². The highest BCUT2D eigenvalue weighted by Crippen LogP contribution is 2.17. The summed E-state index contributed by atoms with van der Waals surface area (Å²) >= 11 is 0. The van der Waals surface area contributed by atoms with Crippen LogP contribution >= 0.6 is 0 Å². The van der Waals surface area contributed by atoms with Crippen molar-refractivity contribution in [2.75, 3.05) is 5.32 Å². The predicted molar refractivity (Wildman–Crippen MR) is 61.0 cm³/mol. The third-order valence-electron chi connectivity index (χ3n) is 2.29. The van der Waals surface area contributed by atoms with Crippen LogP contribution in [0.25, 0.3) is 0 Å². The van der Waals surface area contributed by atoms with Gasteiger partial charge in [0.2, 0.25) is 0 Å². The summed E-state index contributed by atoms with van der Waals surface area (Å²) < 4.78 is 0. The Labute approximate surface area is 94.5 Å². The van der Waals surface area contributed by atoms with Crippen molar-refractivity contribution in [3.05, 3.63) is 29.8 Å². The van der Waals surface area contributed by atoms with Gasteiger partial charge in [0.25, 0.3) is 0 Å². The minimum atomic E-state index is -0.914. The molecule has 0 fully saturated rings. The summed E-state index contributed by atoms with van der Waals surface area (Å²) in [6.07, 6.45) is 0. The van der Waals surface area contributed by atoms with Gasteiger partial charge in [-0.05, 0) is 18.1 Å². The molecule has 0 saturated heterocycles. The standard InChI is InChI=1S/C12H14N2O2/c1-8(2)11(12(15)16)14-10-6-4-3-5-9(10)7-13/h3-6,8,11,14H,1-2H3,(H,15,16)/t11-/m0/s1. The van der Waals surface area contributed by atoms with E-state index in [9.17, 15) is 4.79 Å². The van der Waals surface area contributed by atoms with Crippen molar-refractivity contribution < 1.29 is 9.90 Å². The molecule has 1 aromatic carbocycles. The predicted octanol–water partition coefficient (Wildman–Crippen LogP) is 2.08. The second kappa shape index (κ2) is 5.17. The molecule has 4 heteroatoms. The zero-order chi connectivity index (χ0) is 12.1. The molecule has 1 rings (SSSR count). The number of aliphatic carboxylic acids is 1. The van der Waals surface area contributed by atoms with Crippen molar-refractivity contribution in [3.63, 3.8) is 0 Å². The molecular formula is C12H14N2O2. The quantitative estimate of drug-likeness (QED) is 0.811. The summed E-state index contributed by atoms with van der Waals surface area (Å²) in [5.41, 5.74) is 1.01. The van der Waals surface area contributed by atoms with Crippen LogP contribution in [0.15, 0.2) is 24.3 Å². The number of rotatable bonds is 4. The average Bonchev–Trinajstić information content (AvgIpc) is 2.25. The number of nitriles is 1. The Morgan fingerprint density at radius 3 is 2.56 bits per heavy atom. The number of carboxylic acids is 1. The van der Waals surface area contributed by atoms with Crippen molar-refractivity contribution in [3.8, 4) is 6.07 Å². The van der Waals surface area contributed by atoms with E-state index in [1.165, 1.54) is 0 Å². The molecule has 0 aliphatic rings. The Morgan fingerprint density at radius 1 is 1.44 bits per heavy atom. The smallest absolute Gasteiger partial charge is 0.326 e. The first-order valence-electron chi connectivity index (χ1n) is 5.04. The lowest BCUT2D eigenvalue weighted by molar-refractivity contribution is -0.138. The van der Waals surface area contributed by atoms with Crippen molar-refractivity contribution >= 4 is 11.7 Å². The fourth-order valence-corrected chi connectivity index (χ4v) is 1.39. The van der Waals surface area contributed by atoms with Gasteiger partial charge < -0.3 is 10.4 Å². The summed E-state index contributed by atoms with van der Waals surface area (Å²) in [4.78, 5) is 11.0. The number of para-hydroxylation sites is 1. The molecule has 0 aromatic heterocycles. The molecule has 1 atom stereocenters. The van der Waals surface area contributed by atoms with Gasteiger partial charge >= 0.3 is 5.97 Å². The number of hydrogen-bond donors (Lipinski definition) is 2. The molecule has 84 valence electrons. The first kappa shape index (κ1) is 12.1. The molecule has 16 heavy (non-hydrogen) atoms. The Morgan fingerprint density at radius 2 is 2.06 bits per heavy atom. The molecule has 0 amide bonds. The van der Waals surface area contributed by atoms with Gasteiger partial charge in [-0.1, -0.05) is 26.0 Å². The normalized spacial score (nSPS) is 11.9. The maximum absolute atomic E-state index is 11.0. The zero-order valence-corrected chi connectivity index (χ0v) is 9.27. The molecule has 0 aliphatic heterocycles. The van der Waals surface area contributed by atoms with E-state index >= 15 is 0 Å². The lowest BCUT2D eigenvalue weighted by Crippen LogP contribution is -2.34. The topological polar surface area (TPSA) is 73.1 Å². The maximum Gasteiger partial charge on any atom is 0.326 e. The number of hydrogen-bond acceptors (Lipinski definition) is 3. The van der Waals surface area contributed by atoms with Crippen LogP contribution in [0.5, 0.6) is 0 Å². The fraction of sp³-hybridized carbons (Fsp3) is 0.333. The van der Waals surface area contributed by atoms with Crippen LogP contribution in [0.1, 0.15) is 19.4 Å². The number of carboxylic acid groups (broad SMARTS) is 1. The molecule has 4 nitrogen and oxygen atoms in total. The maximum atomic E-state index is 11.0. The lowest BCUT2D eigenvalue weighted by atomic mass is 10.0. The van der Waals surface area contributed by atoms with Crippen LogP contribution in [-0.2, 0) is 4.79 Å². The molecule has 0 heterocycles. The highest BCUT2D eigenvalue weighted by molar-refractivity contribution is 5.78. The molecule has 1 aromatic rings.